The molecule has 1 unspecified atom stereocenters. The zero-order valence-corrected chi connectivity index (χ0v) is 18.9. The van der Waals surface area contributed by atoms with Crippen LogP contribution in [-0.2, 0) is 18.9 Å². The summed E-state index contributed by atoms with van der Waals surface area (Å²) in [6, 6.07) is 0. The lowest BCUT2D eigenvalue weighted by atomic mass is 10.1. The number of hydrogen-bond acceptors (Lipinski definition) is 4. The first-order valence-corrected chi connectivity index (χ1v) is 13.3. The summed E-state index contributed by atoms with van der Waals surface area (Å²) >= 11 is 0. The van der Waals surface area contributed by atoms with Crippen LogP contribution in [0.3, 0.4) is 0 Å². The van der Waals surface area contributed by atoms with Crippen LogP contribution in [0.5, 0.6) is 0 Å². The van der Waals surface area contributed by atoms with Crippen LogP contribution < -0.4 is 0 Å². The van der Waals surface area contributed by atoms with Crippen molar-refractivity contribution >= 4 is 19.3 Å². The van der Waals surface area contributed by atoms with Gasteiger partial charge in [-0.3, -0.25) is 14.2 Å². The second-order valence-corrected chi connectivity index (χ2v) is 10.3. The molecule has 6 heteroatoms. The highest BCUT2D eigenvalue weighted by molar-refractivity contribution is 7.57. The van der Waals surface area contributed by atoms with Crippen LogP contribution in [0.25, 0.3) is 0 Å². The predicted octanol–water partition coefficient (Wildman–Crippen LogP) is 6.38. The van der Waals surface area contributed by atoms with Crippen molar-refractivity contribution in [3.05, 3.63) is 12.2 Å². The number of esters is 2. The Balaban J connectivity index is 3.37. The van der Waals surface area contributed by atoms with Crippen molar-refractivity contribution in [1.82, 2.24) is 0 Å². The molecule has 164 valence electrons. The molecule has 0 spiro atoms. The Bertz CT molecular complexity index is 481. The molecule has 0 saturated heterocycles. The van der Waals surface area contributed by atoms with E-state index < -0.39 is 19.3 Å². The summed E-state index contributed by atoms with van der Waals surface area (Å²) in [6.07, 6.45) is 19.9. The van der Waals surface area contributed by atoms with Crippen molar-refractivity contribution < 1.29 is 23.8 Å². The molecule has 0 fully saturated rings. The molecule has 28 heavy (non-hydrogen) atoms. The highest BCUT2D eigenvalue weighted by Gasteiger charge is 2.16. The Labute approximate surface area is 171 Å². The number of carbonyl (C=O) groups is 2. The molecule has 0 heterocycles. The van der Waals surface area contributed by atoms with E-state index in [1.165, 1.54) is 70.9 Å². The van der Waals surface area contributed by atoms with Crippen molar-refractivity contribution in [3.63, 3.8) is 0 Å². The van der Waals surface area contributed by atoms with Gasteiger partial charge in [0.2, 0.25) is 0 Å². The summed E-state index contributed by atoms with van der Waals surface area (Å²) in [5.41, 5.74) is 0. The molecule has 0 aliphatic rings. The van der Waals surface area contributed by atoms with Gasteiger partial charge in [-0.05, 0) is 32.1 Å². The van der Waals surface area contributed by atoms with E-state index >= 15 is 0 Å². The molecule has 0 aromatic heterocycles. The Morgan fingerprint density at radius 1 is 0.786 bits per heavy atom. The highest BCUT2D eigenvalue weighted by Crippen LogP contribution is 2.35. The first-order valence-electron chi connectivity index (χ1n) is 11.0. The predicted molar refractivity (Wildman–Crippen MR) is 116 cm³/mol. The summed E-state index contributed by atoms with van der Waals surface area (Å²) in [5, 5.41) is 0. The summed E-state index contributed by atoms with van der Waals surface area (Å²) in [4.78, 5) is 32.0. The monoisotopic (exact) mass is 416 g/mol. The number of ether oxygens (including phenoxy) is 1. The zero-order chi connectivity index (χ0) is 21.1. The van der Waals surface area contributed by atoms with Gasteiger partial charge in [0.05, 0.1) is 6.42 Å². The standard InChI is InChI=1S/C22H41O5P/c1-3-4-5-6-7-8-9-10-11-12-13-14-15-16-17-18-21(23)27-22(24)19-20-28(2,25)26/h7-8H,3-6,9-20H2,1-2H3,(H,25,26)/b8-7-. The molecular weight excluding hydrogens is 375 g/mol. The van der Waals surface area contributed by atoms with E-state index in [9.17, 15) is 14.2 Å². The lowest BCUT2D eigenvalue weighted by molar-refractivity contribution is -0.159. The Morgan fingerprint density at radius 3 is 1.79 bits per heavy atom. The minimum absolute atomic E-state index is 0.144. The Kier molecular flexibility index (Phi) is 17.5. The minimum Gasteiger partial charge on any atom is -0.393 e. The number of rotatable bonds is 18. The maximum Gasteiger partial charge on any atom is 0.313 e. The average molecular weight is 417 g/mol. The molecule has 0 radical (unpaired) electrons. The van der Waals surface area contributed by atoms with Gasteiger partial charge in [-0.25, -0.2) is 0 Å². The maximum absolute atomic E-state index is 11.5. The van der Waals surface area contributed by atoms with Crippen molar-refractivity contribution in [2.45, 2.75) is 103 Å². The van der Waals surface area contributed by atoms with E-state index in [1.807, 2.05) is 0 Å². The molecule has 0 aromatic carbocycles. The molecule has 0 saturated carbocycles. The molecular formula is C22H41O5P. The van der Waals surface area contributed by atoms with Crippen molar-refractivity contribution in [2.75, 3.05) is 12.8 Å². The molecule has 0 aliphatic carbocycles. The number of carbonyl (C=O) groups excluding carboxylic acids is 2. The van der Waals surface area contributed by atoms with Crippen LogP contribution >= 0.6 is 7.37 Å². The number of hydrogen-bond donors (Lipinski definition) is 1. The third-order valence-corrected chi connectivity index (χ3v) is 5.65. The minimum atomic E-state index is -3.23. The van der Waals surface area contributed by atoms with Gasteiger partial charge in [0, 0.05) is 19.2 Å². The first kappa shape index (κ1) is 27.1. The van der Waals surface area contributed by atoms with Crippen LogP contribution in [0, 0.1) is 0 Å². The Morgan fingerprint density at radius 2 is 1.25 bits per heavy atom. The molecule has 1 N–H and O–H groups in total. The molecule has 1 atom stereocenters. The third-order valence-electron chi connectivity index (χ3n) is 4.60. The lowest BCUT2D eigenvalue weighted by Crippen LogP contribution is -2.13. The van der Waals surface area contributed by atoms with Crippen LogP contribution in [0.15, 0.2) is 12.2 Å². The van der Waals surface area contributed by atoms with Gasteiger partial charge in [0.15, 0.2) is 7.37 Å². The number of unbranched alkanes of at least 4 members (excludes halogenated alkanes) is 11. The van der Waals surface area contributed by atoms with Crippen molar-refractivity contribution in [2.24, 2.45) is 0 Å². The maximum atomic E-state index is 11.5. The van der Waals surface area contributed by atoms with E-state index in [-0.39, 0.29) is 19.0 Å². The fourth-order valence-corrected chi connectivity index (χ4v) is 3.47. The van der Waals surface area contributed by atoms with Crippen LogP contribution in [-0.4, -0.2) is 29.7 Å². The van der Waals surface area contributed by atoms with E-state index in [0.717, 1.165) is 19.3 Å². The van der Waals surface area contributed by atoms with Crippen molar-refractivity contribution in [3.8, 4) is 0 Å². The van der Waals surface area contributed by atoms with Gasteiger partial charge in [-0.2, -0.15) is 0 Å². The van der Waals surface area contributed by atoms with Gasteiger partial charge in [-0.1, -0.05) is 70.4 Å². The first-order chi connectivity index (χ1) is 13.3. The fraction of sp³-hybridized carbons (Fsp3) is 0.818. The van der Waals surface area contributed by atoms with Crippen LogP contribution in [0.4, 0.5) is 0 Å². The lowest BCUT2D eigenvalue weighted by Gasteiger charge is -2.05. The summed E-state index contributed by atoms with van der Waals surface area (Å²) < 4.78 is 15.7. The fourth-order valence-electron chi connectivity index (χ4n) is 2.87. The molecule has 0 bridgehead atoms. The molecule has 5 nitrogen and oxygen atoms in total. The van der Waals surface area contributed by atoms with Gasteiger partial charge in [-0.15, -0.1) is 0 Å². The molecule has 0 aromatic rings. The smallest absolute Gasteiger partial charge is 0.313 e. The van der Waals surface area contributed by atoms with Crippen LogP contribution in [0.2, 0.25) is 0 Å². The van der Waals surface area contributed by atoms with Gasteiger partial charge in [0.1, 0.15) is 0 Å². The van der Waals surface area contributed by atoms with E-state index in [1.54, 1.807) is 0 Å². The largest absolute Gasteiger partial charge is 0.393 e. The second-order valence-electron chi connectivity index (χ2n) is 7.70. The normalized spacial score (nSPS) is 13.5. The van der Waals surface area contributed by atoms with Crippen molar-refractivity contribution in [1.29, 1.82) is 0 Å². The second kappa shape index (κ2) is 18.1. The average Bonchev–Trinajstić information content (AvgIpc) is 2.62. The topological polar surface area (TPSA) is 80.7 Å². The molecule has 0 aliphatic heterocycles. The van der Waals surface area contributed by atoms with Gasteiger partial charge < -0.3 is 9.63 Å². The van der Waals surface area contributed by atoms with E-state index in [0.29, 0.717) is 0 Å². The summed E-state index contributed by atoms with van der Waals surface area (Å²) in [5.74, 6) is -1.24. The van der Waals surface area contributed by atoms with Gasteiger partial charge in [0.25, 0.3) is 0 Å². The zero-order valence-electron chi connectivity index (χ0n) is 18.0. The Hall–Kier alpha value is -0.930. The number of allylic oxidation sites excluding steroid dienone is 2. The molecule has 0 rings (SSSR count). The molecule has 0 amide bonds. The van der Waals surface area contributed by atoms with E-state index in [2.05, 4.69) is 23.8 Å². The SMILES string of the molecule is CCCCC/C=C\CCCCCCCCCCC(=O)OC(=O)CCP(C)(=O)O. The quantitative estimate of drug-likeness (QED) is 0.0921. The summed E-state index contributed by atoms with van der Waals surface area (Å²) in [6.45, 7) is 3.42. The van der Waals surface area contributed by atoms with Gasteiger partial charge >= 0.3 is 11.9 Å². The van der Waals surface area contributed by atoms with Crippen LogP contribution in [0.1, 0.15) is 103 Å². The summed E-state index contributed by atoms with van der Waals surface area (Å²) in [7, 11) is -3.23. The third kappa shape index (κ3) is 21.4. The van der Waals surface area contributed by atoms with E-state index in [4.69, 9.17) is 4.89 Å². The highest BCUT2D eigenvalue weighted by atomic mass is 31.2.